The lowest BCUT2D eigenvalue weighted by atomic mass is 9.47. The molecule has 3 fully saturated rings. The number of fused-ring (bicyclic) bond motifs is 5. The molecule has 5 nitrogen and oxygen atoms in total. The summed E-state index contributed by atoms with van der Waals surface area (Å²) in [5, 5.41) is 16.6. The highest BCUT2D eigenvalue weighted by Gasteiger charge is 2.58. The van der Waals surface area contributed by atoms with Crippen molar-refractivity contribution in [2.75, 3.05) is 26.2 Å². The number of hydrogen-bond acceptors (Lipinski definition) is 4. The molecule has 0 radical (unpaired) electrons. The minimum absolute atomic E-state index is 0.194. The summed E-state index contributed by atoms with van der Waals surface area (Å²) in [5.41, 5.74) is 8.30. The lowest BCUT2D eigenvalue weighted by molar-refractivity contribution is -0.141. The van der Waals surface area contributed by atoms with Crippen LogP contribution in [0.5, 0.6) is 0 Å². The van der Waals surface area contributed by atoms with E-state index in [0.29, 0.717) is 16.9 Å². The van der Waals surface area contributed by atoms with Crippen LogP contribution < -0.4 is 16.4 Å². The molecule has 8 atom stereocenters. The van der Waals surface area contributed by atoms with Gasteiger partial charge in [0, 0.05) is 6.04 Å². The maximum absolute atomic E-state index is 11.2. The van der Waals surface area contributed by atoms with Crippen molar-refractivity contribution in [2.24, 2.45) is 46.2 Å². The number of carboxylic acid groups (broad SMARTS) is 1. The summed E-state index contributed by atoms with van der Waals surface area (Å²) >= 11 is 0. The fraction of sp³-hybridized carbons (Fsp3) is 0.909. The Morgan fingerprint density at radius 2 is 1.84 bits per heavy atom. The van der Waals surface area contributed by atoms with Crippen LogP contribution in [0, 0.1) is 40.4 Å². The van der Waals surface area contributed by atoms with Crippen LogP contribution in [-0.4, -0.2) is 43.3 Å². The molecule has 38 heavy (non-hydrogen) atoms. The molecule has 0 aromatic carbocycles. The Morgan fingerprint density at radius 1 is 1.03 bits per heavy atom. The van der Waals surface area contributed by atoms with Gasteiger partial charge in [-0.25, -0.2) is 0 Å². The number of aliphatic carboxylic acids is 1. The maximum atomic E-state index is 11.2. The number of hydrogen-bond donors (Lipinski definition) is 4. The zero-order valence-electron chi connectivity index (χ0n) is 24.9. The van der Waals surface area contributed by atoms with Crippen LogP contribution in [0.15, 0.2) is 11.6 Å². The van der Waals surface area contributed by atoms with E-state index in [2.05, 4.69) is 30.6 Å². The monoisotopic (exact) mass is 529 g/mol. The van der Waals surface area contributed by atoms with Gasteiger partial charge in [-0.05, 0) is 144 Å². The van der Waals surface area contributed by atoms with Crippen LogP contribution in [0.1, 0.15) is 117 Å². The number of rotatable bonds is 15. The third kappa shape index (κ3) is 6.69. The third-order valence-corrected chi connectivity index (χ3v) is 11.9. The molecule has 218 valence electrons. The van der Waals surface area contributed by atoms with E-state index in [0.717, 1.165) is 69.1 Å². The number of allylic oxidation sites excluding steroid dienone is 1. The lowest BCUT2D eigenvalue weighted by Gasteiger charge is -2.58. The second-order valence-electron chi connectivity index (χ2n) is 14.1. The third-order valence-electron chi connectivity index (χ3n) is 11.9. The Kier molecular flexibility index (Phi) is 10.8. The maximum Gasteiger partial charge on any atom is 0.306 e. The Morgan fingerprint density at radius 3 is 2.63 bits per heavy atom. The molecule has 3 saturated carbocycles. The van der Waals surface area contributed by atoms with Crippen LogP contribution in [0.4, 0.5) is 0 Å². The number of unbranched alkanes of at least 4 members (excludes halogenated alkanes) is 2. The summed E-state index contributed by atoms with van der Waals surface area (Å²) in [5.74, 6) is 2.68. The van der Waals surface area contributed by atoms with Gasteiger partial charge in [0.2, 0.25) is 0 Å². The average Bonchev–Trinajstić information content (AvgIpc) is 3.24. The highest BCUT2D eigenvalue weighted by molar-refractivity contribution is 5.69. The molecule has 0 spiro atoms. The fourth-order valence-electron chi connectivity index (χ4n) is 9.42. The van der Waals surface area contributed by atoms with Crippen LogP contribution in [0.25, 0.3) is 0 Å². The van der Waals surface area contributed by atoms with Crippen LogP contribution >= 0.6 is 0 Å². The van der Waals surface area contributed by atoms with Crippen molar-refractivity contribution in [1.82, 2.24) is 10.6 Å². The Bertz CT molecular complexity index is 799. The summed E-state index contributed by atoms with van der Waals surface area (Å²) in [4.78, 5) is 11.2. The van der Waals surface area contributed by atoms with Gasteiger partial charge in [0.15, 0.2) is 0 Å². The van der Waals surface area contributed by atoms with Crippen LogP contribution in [0.3, 0.4) is 0 Å². The molecule has 0 aromatic heterocycles. The van der Waals surface area contributed by atoms with E-state index in [1.807, 2.05) is 6.92 Å². The Labute approximate surface area is 233 Å². The normalized spacial score (nSPS) is 37.2. The summed E-state index contributed by atoms with van der Waals surface area (Å²) < 4.78 is 0. The van der Waals surface area contributed by atoms with Crippen molar-refractivity contribution in [3.8, 4) is 0 Å². The molecule has 0 aromatic rings. The van der Waals surface area contributed by atoms with Gasteiger partial charge in [-0.1, -0.05) is 45.3 Å². The smallest absolute Gasteiger partial charge is 0.306 e. The van der Waals surface area contributed by atoms with Gasteiger partial charge in [-0.2, -0.15) is 0 Å². The van der Waals surface area contributed by atoms with Crippen molar-refractivity contribution < 1.29 is 9.90 Å². The molecule has 5 N–H and O–H groups in total. The molecule has 4 aliphatic rings. The molecule has 0 heterocycles. The van der Waals surface area contributed by atoms with Crippen molar-refractivity contribution >= 4 is 5.97 Å². The fourth-order valence-corrected chi connectivity index (χ4v) is 9.42. The predicted octanol–water partition coefficient (Wildman–Crippen LogP) is 6.52. The van der Waals surface area contributed by atoms with E-state index in [1.165, 1.54) is 77.0 Å². The second kappa shape index (κ2) is 13.6. The Hall–Kier alpha value is -0.910. The van der Waals surface area contributed by atoms with E-state index < -0.39 is 5.97 Å². The second-order valence-corrected chi connectivity index (χ2v) is 14.1. The first-order chi connectivity index (χ1) is 18.3. The van der Waals surface area contributed by atoms with Crippen molar-refractivity contribution in [1.29, 1.82) is 0 Å². The van der Waals surface area contributed by atoms with Crippen LogP contribution in [0.2, 0.25) is 0 Å². The van der Waals surface area contributed by atoms with Gasteiger partial charge in [-0.3, -0.25) is 4.79 Å². The van der Waals surface area contributed by atoms with Gasteiger partial charge >= 0.3 is 5.97 Å². The molecule has 5 heteroatoms. The van der Waals surface area contributed by atoms with E-state index in [1.54, 1.807) is 5.57 Å². The van der Waals surface area contributed by atoms with Gasteiger partial charge < -0.3 is 21.5 Å². The minimum Gasteiger partial charge on any atom is -0.481 e. The molecular weight excluding hydrogens is 470 g/mol. The zero-order valence-corrected chi connectivity index (χ0v) is 24.9. The summed E-state index contributed by atoms with van der Waals surface area (Å²) in [6.07, 6.45) is 21.6. The lowest BCUT2D eigenvalue weighted by Crippen LogP contribution is -2.51. The zero-order chi connectivity index (χ0) is 27.2. The molecule has 8 unspecified atom stereocenters. The molecule has 0 saturated heterocycles. The molecule has 0 bridgehead atoms. The largest absolute Gasteiger partial charge is 0.481 e. The van der Waals surface area contributed by atoms with Gasteiger partial charge in [-0.15, -0.1) is 0 Å². The van der Waals surface area contributed by atoms with Crippen molar-refractivity contribution in [2.45, 2.75) is 123 Å². The summed E-state index contributed by atoms with van der Waals surface area (Å²) in [6, 6.07) is 0.664. The SMILES string of the molecule is CC(CCCCC1CCC2C3CC=C4CC(NCCCNCCCCN)CCC4(C)C3CCC12C)C(=O)O. The number of carbonyl (C=O) groups is 1. The molecule has 4 aliphatic carbocycles. The van der Waals surface area contributed by atoms with Gasteiger partial charge in [0.1, 0.15) is 0 Å². The van der Waals surface area contributed by atoms with Gasteiger partial charge in [0.25, 0.3) is 0 Å². The highest BCUT2D eigenvalue weighted by Crippen LogP contribution is 2.66. The topological polar surface area (TPSA) is 87.4 Å². The molecule has 0 amide bonds. The van der Waals surface area contributed by atoms with E-state index >= 15 is 0 Å². The number of nitrogens with one attached hydrogen (secondary N) is 2. The van der Waals surface area contributed by atoms with Crippen LogP contribution in [-0.2, 0) is 4.79 Å². The van der Waals surface area contributed by atoms with E-state index in [-0.39, 0.29) is 5.92 Å². The highest BCUT2D eigenvalue weighted by atomic mass is 16.4. The summed E-state index contributed by atoms with van der Waals surface area (Å²) in [7, 11) is 0. The molecule has 0 aliphatic heterocycles. The summed E-state index contributed by atoms with van der Waals surface area (Å²) in [6.45, 7) is 11.3. The number of nitrogens with two attached hydrogens (primary N) is 1. The molecular formula is C33H59N3O2. The first kappa shape index (κ1) is 30.1. The quantitative estimate of drug-likeness (QED) is 0.143. The first-order valence-electron chi connectivity index (χ1n) is 16.4. The van der Waals surface area contributed by atoms with E-state index in [4.69, 9.17) is 5.73 Å². The first-order valence-corrected chi connectivity index (χ1v) is 16.4. The van der Waals surface area contributed by atoms with Crippen molar-refractivity contribution in [3.05, 3.63) is 11.6 Å². The Balaban J connectivity index is 1.25. The minimum atomic E-state index is -0.638. The predicted molar refractivity (Wildman–Crippen MR) is 158 cm³/mol. The van der Waals surface area contributed by atoms with Crippen molar-refractivity contribution in [3.63, 3.8) is 0 Å². The molecule has 4 rings (SSSR count). The average molecular weight is 530 g/mol. The van der Waals surface area contributed by atoms with E-state index in [9.17, 15) is 9.90 Å². The van der Waals surface area contributed by atoms with Gasteiger partial charge in [0.05, 0.1) is 5.92 Å². The number of carboxylic acids is 1. The standard InChI is InChI=1S/C33H59N3O2/c1-24(31(37)38)9-4-5-10-25-12-14-29-28-13-11-26-23-27(36-22-8-21-35-20-7-6-19-34)15-17-33(26,3)30(28)16-18-32(25,29)2/h11,24-25,27-30,35-36H,4-10,12-23,34H2,1-3H3,(H,37,38).